The fourth-order valence-electron chi connectivity index (χ4n) is 4.41. The highest BCUT2D eigenvalue weighted by Gasteiger charge is 2.29. The molecule has 0 radical (unpaired) electrons. The second-order valence-corrected chi connectivity index (χ2v) is 11.4. The van der Waals surface area contributed by atoms with Crippen LogP contribution in [-0.2, 0) is 22.6 Å². The Labute approximate surface area is 227 Å². The Morgan fingerprint density at radius 3 is 2.51 bits per heavy atom. The molecule has 1 atom stereocenters. The Hall–Kier alpha value is -2.26. The van der Waals surface area contributed by atoms with E-state index in [1.165, 1.54) is 10.6 Å². The van der Waals surface area contributed by atoms with E-state index < -0.39 is 11.3 Å². The molecule has 1 aromatic carbocycles. The summed E-state index contributed by atoms with van der Waals surface area (Å²) in [7, 11) is 0. The summed E-state index contributed by atoms with van der Waals surface area (Å²) in [6, 6.07) is 6.75. The van der Waals surface area contributed by atoms with Crippen LogP contribution in [0.5, 0.6) is 5.75 Å². The number of rotatable bonds is 8. The maximum Gasteiger partial charge on any atom is 0.332 e. The van der Waals surface area contributed by atoms with Gasteiger partial charge in [0.1, 0.15) is 11.6 Å². The summed E-state index contributed by atoms with van der Waals surface area (Å²) in [5.74, 6) is 0.188. The van der Waals surface area contributed by atoms with E-state index in [-0.39, 0.29) is 29.6 Å². The molecule has 0 saturated carbocycles. The number of allylic oxidation sites excluding steroid dienone is 2. The molecule has 2 heterocycles. The van der Waals surface area contributed by atoms with Crippen molar-refractivity contribution in [3.63, 3.8) is 0 Å². The molecule has 1 unspecified atom stereocenters. The lowest BCUT2D eigenvalue weighted by atomic mass is 9.99. The Balaban J connectivity index is 1.66. The molecule has 37 heavy (non-hydrogen) atoms. The van der Waals surface area contributed by atoms with Gasteiger partial charge in [0.2, 0.25) is 0 Å². The molecule has 2 aromatic rings. The molecule has 10 heteroatoms. The van der Waals surface area contributed by atoms with Crippen molar-refractivity contribution >= 4 is 34.7 Å². The highest BCUT2D eigenvalue weighted by molar-refractivity contribution is 6.32. The third-order valence-corrected chi connectivity index (χ3v) is 7.11. The fourth-order valence-corrected chi connectivity index (χ4v) is 4.83. The number of nitrogens with one attached hydrogen (secondary N) is 1. The molecule has 1 aromatic heterocycles. The predicted molar refractivity (Wildman–Crippen MR) is 147 cm³/mol. The topological polar surface area (TPSA) is 83.7 Å². The molecular weight excluding hydrogens is 517 g/mol. The Bertz CT molecular complexity index is 1260. The quantitative estimate of drug-likeness (QED) is 0.353. The van der Waals surface area contributed by atoms with E-state index in [2.05, 4.69) is 11.4 Å². The molecule has 202 valence electrons. The molecule has 1 saturated heterocycles. The Morgan fingerprint density at radius 2 is 1.89 bits per heavy atom. The van der Waals surface area contributed by atoms with Gasteiger partial charge in [-0.1, -0.05) is 23.3 Å². The summed E-state index contributed by atoms with van der Waals surface area (Å²) in [4.78, 5) is 26.8. The third kappa shape index (κ3) is 7.19. The summed E-state index contributed by atoms with van der Waals surface area (Å²) in [5, 5.41) is 3.76. The van der Waals surface area contributed by atoms with Crippen LogP contribution in [0.25, 0.3) is 0 Å². The third-order valence-electron chi connectivity index (χ3n) is 6.42. The van der Waals surface area contributed by atoms with E-state index in [0.29, 0.717) is 42.0 Å². The van der Waals surface area contributed by atoms with E-state index in [4.69, 9.17) is 37.4 Å². The van der Waals surface area contributed by atoms with Crippen molar-refractivity contribution < 1.29 is 14.2 Å². The van der Waals surface area contributed by atoms with Gasteiger partial charge in [0.25, 0.3) is 5.56 Å². The zero-order valence-corrected chi connectivity index (χ0v) is 23.3. The zero-order valence-electron chi connectivity index (χ0n) is 21.8. The molecule has 1 aliphatic heterocycles. The normalized spacial score (nSPS) is 20.1. The van der Waals surface area contributed by atoms with E-state index >= 15 is 0 Å². The molecule has 1 fully saturated rings. The summed E-state index contributed by atoms with van der Waals surface area (Å²) in [6.45, 7) is 8.93. The molecule has 2 aliphatic rings. The van der Waals surface area contributed by atoms with Gasteiger partial charge in [0.05, 0.1) is 30.9 Å². The monoisotopic (exact) mass is 551 g/mol. The zero-order chi connectivity index (χ0) is 26.7. The maximum absolute atomic E-state index is 13.7. The minimum Gasteiger partial charge on any atom is -0.489 e. The number of benzene rings is 1. The molecule has 0 bridgehead atoms. The number of nitrogens with zero attached hydrogens (tertiary/aromatic N) is 2. The van der Waals surface area contributed by atoms with Gasteiger partial charge in [-0.05, 0) is 65.2 Å². The minimum atomic E-state index is -0.666. The van der Waals surface area contributed by atoms with E-state index in [9.17, 15) is 9.59 Å². The predicted octanol–water partition coefficient (Wildman–Crippen LogP) is 5.31. The Morgan fingerprint density at radius 1 is 1.16 bits per heavy atom. The van der Waals surface area contributed by atoms with Crippen molar-refractivity contribution in [2.45, 2.75) is 77.3 Å². The van der Waals surface area contributed by atoms with E-state index in [1.54, 1.807) is 22.8 Å². The summed E-state index contributed by atoms with van der Waals surface area (Å²) >= 11 is 12.7. The van der Waals surface area contributed by atoms with Crippen LogP contribution in [0.3, 0.4) is 0 Å². The molecule has 8 nitrogen and oxygen atoms in total. The number of aromatic nitrogens is 2. The van der Waals surface area contributed by atoms with Crippen LogP contribution in [-0.4, -0.2) is 39.6 Å². The lowest BCUT2D eigenvalue weighted by Gasteiger charge is -2.35. The van der Waals surface area contributed by atoms with Crippen LogP contribution < -0.4 is 21.3 Å². The average molecular weight is 552 g/mol. The van der Waals surface area contributed by atoms with Crippen molar-refractivity contribution in [2.24, 2.45) is 5.92 Å². The van der Waals surface area contributed by atoms with Crippen molar-refractivity contribution in [1.29, 1.82) is 0 Å². The summed E-state index contributed by atoms with van der Waals surface area (Å²) in [6.07, 6.45) is 4.48. The molecule has 0 amide bonds. The Kier molecular flexibility index (Phi) is 8.74. The number of alkyl halides is 1. The number of hydrogen-bond acceptors (Lipinski definition) is 6. The van der Waals surface area contributed by atoms with Crippen molar-refractivity contribution in [1.82, 2.24) is 9.13 Å². The van der Waals surface area contributed by atoms with Gasteiger partial charge in [-0.25, -0.2) is 4.79 Å². The first-order chi connectivity index (χ1) is 17.5. The van der Waals surface area contributed by atoms with Crippen molar-refractivity contribution in [3.05, 3.63) is 61.8 Å². The van der Waals surface area contributed by atoms with Crippen LogP contribution in [0.1, 0.15) is 47.0 Å². The summed E-state index contributed by atoms with van der Waals surface area (Å²) < 4.78 is 20.1. The van der Waals surface area contributed by atoms with Crippen LogP contribution in [0, 0.1) is 5.92 Å². The largest absolute Gasteiger partial charge is 0.489 e. The number of halogens is 2. The van der Waals surface area contributed by atoms with Crippen LogP contribution in [0.4, 0.5) is 11.5 Å². The van der Waals surface area contributed by atoms with Crippen molar-refractivity contribution in [3.8, 4) is 5.75 Å². The SMILES string of the molecule is CC(C)Oc1ccc(Nc2cc(=O)n(CC3COC(C)(C)OC3)c(=O)n2CC2=CCC(Cl)CC2)cc1Cl. The standard InChI is InChI=1S/C27H35Cl2N3O5/c1-17(2)37-23-10-9-21(11-22(23)29)30-24-12-25(33)32(14-19-15-35-27(3,4)36-16-19)26(34)31(24)13-18-5-7-20(28)8-6-18/h5,9-12,17,19-20,30H,6-8,13-16H2,1-4H3. The van der Waals surface area contributed by atoms with Gasteiger partial charge in [-0.15, -0.1) is 11.6 Å². The van der Waals surface area contributed by atoms with Gasteiger partial charge in [0, 0.05) is 29.6 Å². The van der Waals surface area contributed by atoms with Gasteiger partial charge in [-0.2, -0.15) is 0 Å². The van der Waals surface area contributed by atoms with Gasteiger partial charge in [-0.3, -0.25) is 13.9 Å². The smallest absolute Gasteiger partial charge is 0.332 e. The van der Waals surface area contributed by atoms with Crippen LogP contribution in [0.15, 0.2) is 45.5 Å². The van der Waals surface area contributed by atoms with Gasteiger partial charge >= 0.3 is 5.69 Å². The first kappa shape index (κ1) is 27.8. The fraction of sp³-hybridized carbons (Fsp3) is 0.556. The molecule has 4 rings (SSSR count). The van der Waals surface area contributed by atoms with Gasteiger partial charge < -0.3 is 19.5 Å². The average Bonchev–Trinajstić information content (AvgIpc) is 2.83. The number of anilines is 2. The number of ether oxygens (including phenoxy) is 3. The van der Waals surface area contributed by atoms with Crippen LogP contribution >= 0.6 is 23.2 Å². The molecular formula is C27H35Cl2N3O5. The number of hydrogen-bond donors (Lipinski definition) is 1. The molecule has 0 spiro atoms. The summed E-state index contributed by atoms with van der Waals surface area (Å²) in [5.41, 5.74) is 0.968. The molecule has 1 N–H and O–H groups in total. The lowest BCUT2D eigenvalue weighted by molar-refractivity contribution is -0.263. The second kappa shape index (κ2) is 11.6. The first-order valence-electron chi connectivity index (χ1n) is 12.7. The lowest BCUT2D eigenvalue weighted by Crippen LogP contribution is -2.46. The van der Waals surface area contributed by atoms with Gasteiger partial charge in [0.15, 0.2) is 5.79 Å². The molecule has 1 aliphatic carbocycles. The van der Waals surface area contributed by atoms with Crippen molar-refractivity contribution in [2.75, 3.05) is 18.5 Å². The highest BCUT2D eigenvalue weighted by Crippen LogP contribution is 2.30. The maximum atomic E-state index is 13.7. The second-order valence-electron chi connectivity index (χ2n) is 10.4. The minimum absolute atomic E-state index is 0.0172. The van der Waals surface area contributed by atoms with E-state index in [0.717, 1.165) is 24.8 Å². The van der Waals surface area contributed by atoms with Crippen LogP contribution in [0.2, 0.25) is 5.02 Å². The highest BCUT2D eigenvalue weighted by atomic mass is 35.5. The first-order valence-corrected chi connectivity index (χ1v) is 13.5. The van der Waals surface area contributed by atoms with E-state index in [1.807, 2.05) is 27.7 Å².